The van der Waals surface area contributed by atoms with Crippen molar-refractivity contribution >= 4 is 15.9 Å². The van der Waals surface area contributed by atoms with Crippen molar-refractivity contribution in [3.8, 4) is 0 Å². The third kappa shape index (κ3) is 3.50. The summed E-state index contributed by atoms with van der Waals surface area (Å²) in [6.07, 6.45) is -2.32. The van der Waals surface area contributed by atoms with Crippen LogP contribution in [-0.2, 0) is 23.8 Å². The standard InChI is InChI=1S/C27H38O8S/c1-8-24(5)15-19(29)27(31)25(6)18(28)13-14-23(3,4)21(25)20(30)22(26(27,7)35-24)34-36(32,33)17-11-9-16(2)10-12-17/h8-12,18,20-22,28,30-31H,1,13-15H2,2-7H3/t18-,20?,21-,22?,24-,25?,26+,27-/m0/s1. The van der Waals surface area contributed by atoms with Gasteiger partial charge in [-0.3, -0.25) is 8.98 Å². The first-order valence-corrected chi connectivity index (χ1v) is 13.8. The minimum atomic E-state index is -4.45. The average Bonchev–Trinajstić information content (AvgIpc) is 2.77. The summed E-state index contributed by atoms with van der Waals surface area (Å²) >= 11 is 0. The summed E-state index contributed by atoms with van der Waals surface area (Å²) in [6, 6.07) is 6.04. The van der Waals surface area contributed by atoms with Crippen LogP contribution in [0.2, 0.25) is 0 Å². The maximum Gasteiger partial charge on any atom is 0.297 e. The fourth-order valence-corrected chi connectivity index (χ4v) is 8.49. The van der Waals surface area contributed by atoms with Gasteiger partial charge in [-0.1, -0.05) is 44.5 Å². The predicted octanol–water partition coefficient (Wildman–Crippen LogP) is 2.67. The van der Waals surface area contributed by atoms with Crippen LogP contribution in [0.25, 0.3) is 0 Å². The molecule has 36 heavy (non-hydrogen) atoms. The summed E-state index contributed by atoms with van der Waals surface area (Å²) in [5.74, 6) is -1.50. The van der Waals surface area contributed by atoms with E-state index in [0.717, 1.165) is 5.56 Å². The maximum atomic E-state index is 13.9. The number of aliphatic hydroxyl groups excluding tert-OH is 2. The minimum Gasteiger partial charge on any atom is -0.392 e. The summed E-state index contributed by atoms with van der Waals surface area (Å²) in [5.41, 5.74) is -7.02. The number of fused-ring (bicyclic) bond motifs is 3. The van der Waals surface area contributed by atoms with Gasteiger partial charge >= 0.3 is 0 Å². The first-order valence-electron chi connectivity index (χ1n) is 12.4. The van der Waals surface area contributed by atoms with Crippen molar-refractivity contribution in [2.24, 2.45) is 16.7 Å². The molecule has 200 valence electrons. The van der Waals surface area contributed by atoms with Crippen molar-refractivity contribution in [1.82, 2.24) is 0 Å². The molecular weight excluding hydrogens is 484 g/mol. The van der Waals surface area contributed by atoms with Crippen LogP contribution in [0.5, 0.6) is 0 Å². The Morgan fingerprint density at radius 1 is 1.11 bits per heavy atom. The number of benzene rings is 1. The number of ketones is 1. The highest BCUT2D eigenvalue weighted by Gasteiger charge is 2.81. The Morgan fingerprint density at radius 2 is 1.69 bits per heavy atom. The quantitative estimate of drug-likeness (QED) is 0.406. The van der Waals surface area contributed by atoms with Gasteiger partial charge in [-0.25, -0.2) is 0 Å². The molecular formula is C27H38O8S. The predicted molar refractivity (Wildman–Crippen MR) is 133 cm³/mol. The van der Waals surface area contributed by atoms with Crippen LogP contribution in [0.4, 0.5) is 0 Å². The lowest BCUT2D eigenvalue weighted by molar-refractivity contribution is -0.366. The summed E-state index contributed by atoms with van der Waals surface area (Å²) in [7, 11) is -4.45. The maximum absolute atomic E-state index is 13.9. The lowest BCUT2D eigenvalue weighted by Crippen LogP contribution is -2.86. The van der Waals surface area contributed by atoms with E-state index >= 15 is 0 Å². The molecule has 0 bridgehead atoms. The molecule has 3 aliphatic rings. The van der Waals surface area contributed by atoms with E-state index in [0.29, 0.717) is 12.8 Å². The molecule has 9 heteroatoms. The summed E-state index contributed by atoms with van der Waals surface area (Å²) in [6.45, 7) is 13.9. The molecule has 3 unspecified atom stereocenters. The topological polar surface area (TPSA) is 130 Å². The Bertz CT molecular complexity index is 1180. The Morgan fingerprint density at radius 3 is 2.25 bits per heavy atom. The molecule has 1 heterocycles. The number of Topliss-reactive ketones (excluding diaryl/α,β-unsaturated/α-hetero) is 1. The monoisotopic (exact) mass is 522 g/mol. The number of carbonyl (C=O) groups is 1. The van der Waals surface area contributed by atoms with Crippen molar-refractivity contribution < 1.29 is 37.5 Å². The number of rotatable bonds is 4. The molecule has 2 saturated carbocycles. The van der Waals surface area contributed by atoms with Crippen LogP contribution in [0.1, 0.15) is 59.4 Å². The zero-order valence-corrected chi connectivity index (χ0v) is 22.6. The third-order valence-electron chi connectivity index (χ3n) is 9.27. The summed E-state index contributed by atoms with van der Waals surface area (Å²) < 4.78 is 38.9. The van der Waals surface area contributed by atoms with Gasteiger partial charge in [0.2, 0.25) is 0 Å². The van der Waals surface area contributed by atoms with Crippen molar-refractivity contribution in [3.63, 3.8) is 0 Å². The van der Waals surface area contributed by atoms with Gasteiger partial charge < -0.3 is 20.1 Å². The molecule has 1 aromatic carbocycles. The van der Waals surface area contributed by atoms with E-state index in [4.69, 9.17) is 8.92 Å². The third-order valence-corrected chi connectivity index (χ3v) is 10.6. The van der Waals surface area contributed by atoms with Gasteiger partial charge in [0.25, 0.3) is 10.1 Å². The highest BCUT2D eigenvalue weighted by atomic mass is 32.2. The first-order chi connectivity index (χ1) is 16.4. The van der Waals surface area contributed by atoms with E-state index in [1.165, 1.54) is 25.1 Å². The average molecular weight is 523 g/mol. The van der Waals surface area contributed by atoms with E-state index in [1.54, 1.807) is 26.0 Å². The van der Waals surface area contributed by atoms with E-state index in [1.807, 2.05) is 20.8 Å². The van der Waals surface area contributed by atoms with Crippen LogP contribution in [-0.4, -0.2) is 64.6 Å². The molecule has 1 saturated heterocycles. The van der Waals surface area contributed by atoms with Crippen LogP contribution >= 0.6 is 0 Å². The molecule has 1 aliphatic heterocycles. The highest BCUT2D eigenvalue weighted by molar-refractivity contribution is 7.86. The van der Waals surface area contributed by atoms with E-state index in [2.05, 4.69) is 6.58 Å². The van der Waals surface area contributed by atoms with Crippen molar-refractivity contribution in [2.75, 3.05) is 0 Å². The first kappa shape index (κ1) is 27.4. The molecule has 3 N–H and O–H groups in total. The van der Waals surface area contributed by atoms with Crippen LogP contribution < -0.4 is 0 Å². The fourth-order valence-electron chi connectivity index (χ4n) is 7.34. The minimum absolute atomic E-state index is 0.127. The molecule has 4 rings (SSSR count). The number of aliphatic hydroxyl groups is 3. The summed E-state index contributed by atoms with van der Waals surface area (Å²) in [5, 5.41) is 35.6. The fraction of sp³-hybridized carbons (Fsp3) is 0.667. The van der Waals surface area contributed by atoms with E-state index < -0.39 is 67.8 Å². The Kier molecular flexibility index (Phi) is 6.24. The van der Waals surface area contributed by atoms with Gasteiger partial charge in [0.05, 0.1) is 22.7 Å². The van der Waals surface area contributed by atoms with E-state index in [9.17, 15) is 28.5 Å². The molecule has 3 fully saturated rings. The normalized spacial score (nSPS) is 44.4. The van der Waals surface area contributed by atoms with Crippen molar-refractivity contribution in [1.29, 1.82) is 0 Å². The van der Waals surface area contributed by atoms with Gasteiger partial charge in [0.15, 0.2) is 11.4 Å². The zero-order valence-electron chi connectivity index (χ0n) is 21.8. The molecule has 0 amide bonds. The number of carbonyl (C=O) groups excluding carboxylic acids is 1. The molecule has 0 aromatic heterocycles. The van der Waals surface area contributed by atoms with Crippen molar-refractivity contribution in [2.45, 2.75) is 101 Å². The highest BCUT2D eigenvalue weighted by Crippen LogP contribution is 2.67. The number of ether oxygens (including phenoxy) is 1. The molecule has 8 nitrogen and oxygen atoms in total. The second-order valence-electron chi connectivity index (χ2n) is 12.1. The Hall–Kier alpha value is -1.62. The second kappa shape index (κ2) is 8.19. The van der Waals surface area contributed by atoms with Crippen LogP contribution in [0.3, 0.4) is 0 Å². The van der Waals surface area contributed by atoms with Gasteiger partial charge in [-0.15, -0.1) is 6.58 Å². The molecule has 0 spiro atoms. The number of hydrogen-bond acceptors (Lipinski definition) is 8. The molecule has 2 aliphatic carbocycles. The lowest BCUT2D eigenvalue weighted by atomic mass is 9.40. The van der Waals surface area contributed by atoms with Crippen molar-refractivity contribution in [3.05, 3.63) is 42.5 Å². The van der Waals surface area contributed by atoms with Gasteiger partial charge in [-0.05, 0) is 51.2 Å². The summed E-state index contributed by atoms with van der Waals surface area (Å²) in [4.78, 5) is 13.8. The van der Waals surface area contributed by atoms with Gasteiger partial charge in [0, 0.05) is 17.8 Å². The lowest BCUT2D eigenvalue weighted by Gasteiger charge is -2.71. The number of aryl methyl sites for hydroxylation is 1. The molecule has 1 aromatic rings. The number of hydrogen-bond donors (Lipinski definition) is 3. The van der Waals surface area contributed by atoms with E-state index in [-0.39, 0.29) is 11.3 Å². The molecule has 0 radical (unpaired) electrons. The molecule has 8 atom stereocenters. The largest absolute Gasteiger partial charge is 0.392 e. The Labute approximate surface area is 213 Å². The SMILES string of the molecule is C=C[C@@]1(C)CC(=O)[C@]2(O)C3(C)[C@@H](O)CCC(C)(C)[C@@H]3C(O)C(OS(=O)(=O)c3ccc(C)cc3)[C@@]2(C)O1. The van der Waals surface area contributed by atoms with Crippen LogP contribution in [0, 0.1) is 23.7 Å². The smallest absolute Gasteiger partial charge is 0.297 e. The Balaban J connectivity index is 1.96. The van der Waals surface area contributed by atoms with Gasteiger partial charge in [-0.2, -0.15) is 8.42 Å². The zero-order chi connectivity index (χ0) is 27.1. The van der Waals surface area contributed by atoms with Crippen LogP contribution in [0.15, 0.2) is 41.8 Å². The van der Waals surface area contributed by atoms with Gasteiger partial charge in [0.1, 0.15) is 11.7 Å². The second-order valence-corrected chi connectivity index (χ2v) is 13.7.